The molecule has 0 amide bonds. The summed E-state index contributed by atoms with van der Waals surface area (Å²) in [5.74, 6) is 0.832. The second-order valence-corrected chi connectivity index (χ2v) is 7.79. The van der Waals surface area contributed by atoms with Gasteiger partial charge in [0.2, 0.25) is 16.0 Å². The summed E-state index contributed by atoms with van der Waals surface area (Å²) in [6.07, 6.45) is 4.96. The molecule has 26 heavy (non-hydrogen) atoms. The Bertz CT molecular complexity index is 867. The zero-order valence-corrected chi connectivity index (χ0v) is 14.8. The fourth-order valence-corrected chi connectivity index (χ4v) is 4.22. The number of piperidine rings is 1. The quantitative estimate of drug-likeness (QED) is 0.599. The van der Waals surface area contributed by atoms with Crippen molar-refractivity contribution in [2.45, 2.75) is 17.7 Å². The van der Waals surface area contributed by atoms with E-state index in [1.807, 2.05) is 0 Å². The minimum atomic E-state index is -3.93. The average molecular weight is 377 g/mol. The topological polar surface area (TPSA) is 118 Å². The minimum absolute atomic E-state index is 0.160. The molecule has 0 radical (unpaired) electrons. The molecule has 138 valence electrons. The second kappa shape index (κ2) is 7.75. The molecule has 3 rings (SSSR count). The number of nitro groups is 1. The molecule has 1 fully saturated rings. The molecule has 0 bridgehead atoms. The Morgan fingerprint density at radius 3 is 2.46 bits per heavy atom. The summed E-state index contributed by atoms with van der Waals surface area (Å²) in [5, 5.41) is 11.0. The third-order valence-corrected chi connectivity index (χ3v) is 5.83. The SMILES string of the molecule is O=[N+]([O-])c1ccccc1S(=O)(=O)NCC1CCN(c2ncccn2)CC1. The van der Waals surface area contributed by atoms with Crippen LogP contribution in [0.3, 0.4) is 0 Å². The number of sulfonamides is 1. The van der Waals surface area contributed by atoms with Gasteiger partial charge in [0, 0.05) is 38.1 Å². The number of aromatic nitrogens is 2. The summed E-state index contributed by atoms with van der Waals surface area (Å²) >= 11 is 0. The summed E-state index contributed by atoms with van der Waals surface area (Å²) in [6, 6.07) is 7.11. The monoisotopic (exact) mass is 377 g/mol. The largest absolute Gasteiger partial charge is 0.341 e. The van der Waals surface area contributed by atoms with Crippen molar-refractivity contribution in [1.29, 1.82) is 0 Å². The Kier molecular flexibility index (Phi) is 5.43. The molecule has 2 aromatic rings. The van der Waals surface area contributed by atoms with E-state index in [1.54, 1.807) is 18.5 Å². The van der Waals surface area contributed by atoms with E-state index in [9.17, 15) is 18.5 Å². The van der Waals surface area contributed by atoms with Crippen molar-refractivity contribution in [1.82, 2.24) is 14.7 Å². The van der Waals surface area contributed by atoms with E-state index in [0.717, 1.165) is 25.9 Å². The van der Waals surface area contributed by atoms with Gasteiger partial charge in [0.25, 0.3) is 5.69 Å². The minimum Gasteiger partial charge on any atom is -0.341 e. The van der Waals surface area contributed by atoms with Gasteiger partial charge in [-0.3, -0.25) is 10.1 Å². The number of rotatable bonds is 6. The molecular formula is C16H19N5O4S. The van der Waals surface area contributed by atoms with Crippen LogP contribution in [0.4, 0.5) is 11.6 Å². The van der Waals surface area contributed by atoms with Gasteiger partial charge in [-0.1, -0.05) is 12.1 Å². The van der Waals surface area contributed by atoms with Gasteiger partial charge in [0.1, 0.15) is 0 Å². The first kappa shape index (κ1) is 18.2. The van der Waals surface area contributed by atoms with Crippen molar-refractivity contribution >= 4 is 21.7 Å². The number of nitrogens with zero attached hydrogens (tertiary/aromatic N) is 4. The predicted molar refractivity (Wildman–Crippen MR) is 95.3 cm³/mol. The molecule has 1 N–H and O–H groups in total. The second-order valence-electron chi connectivity index (χ2n) is 6.06. The molecule has 0 unspecified atom stereocenters. The van der Waals surface area contributed by atoms with Crippen LogP contribution in [-0.2, 0) is 10.0 Å². The van der Waals surface area contributed by atoms with Crippen LogP contribution in [0.1, 0.15) is 12.8 Å². The third kappa shape index (κ3) is 4.14. The lowest BCUT2D eigenvalue weighted by Crippen LogP contribution is -2.39. The maximum atomic E-state index is 12.4. The van der Waals surface area contributed by atoms with Gasteiger partial charge in [-0.25, -0.2) is 23.1 Å². The molecule has 0 aliphatic carbocycles. The third-order valence-electron chi connectivity index (χ3n) is 4.36. The average Bonchev–Trinajstić information content (AvgIpc) is 2.67. The molecular weight excluding hydrogens is 358 g/mol. The number of hydrogen-bond donors (Lipinski definition) is 1. The van der Waals surface area contributed by atoms with Crippen molar-refractivity contribution < 1.29 is 13.3 Å². The van der Waals surface area contributed by atoms with Crippen LogP contribution in [-0.4, -0.2) is 42.9 Å². The van der Waals surface area contributed by atoms with Gasteiger partial charge < -0.3 is 4.90 Å². The summed E-state index contributed by atoms with van der Waals surface area (Å²) in [5.41, 5.74) is -0.420. The lowest BCUT2D eigenvalue weighted by molar-refractivity contribution is -0.387. The summed E-state index contributed by atoms with van der Waals surface area (Å²) in [4.78, 5) is 20.5. The smallest absolute Gasteiger partial charge is 0.289 e. The summed E-state index contributed by atoms with van der Waals surface area (Å²) < 4.78 is 27.4. The van der Waals surface area contributed by atoms with Crippen LogP contribution in [0.5, 0.6) is 0 Å². The summed E-state index contributed by atoms with van der Waals surface area (Å²) in [6.45, 7) is 1.72. The number of benzene rings is 1. The van der Waals surface area contributed by atoms with Crippen LogP contribution in [0.15, 0.2) is 47.6 Å². The highest BCUT2D eigenvalue weighted by Gasteiger charge is 2.27. The molecule has 1 aliphatic rings. The number of nitro benzene ring substituents is 1. The Morgan fingerprint density at radius 2 is 1.81 bits per heavy atom. The Morgan fingerprint density at radius 1 is 1.15 bits per heavy atom. The lowest BCUT2D eigenvalue weighted by atomic mass is 9.97. The first-order chi connectivity index (χ1) is 12.5. The molecule has 2 heterocycles. The van der Waals surface area contributed by atoms with E-state index in [4.69, 9.17) is 0 Å². The van der Waals surface area contributed by atoms with Gasteiger partial charge in [-0.2, -0.15) is 0 Å². The van der Waals surface area contributed by atoms with Gasteiger partial charge in [0.15, 0.2) is 4.90 Å². The van der Waals surface area contributed by atoms with E-state index >= 15 is 0 Å². The molecule has 1 aromatic carbocycles. The molecule has 1 aromatic heterocycles. The maximum absolute atomic E-state index is 12.4. The van der Waals surface area contributed by atoms with E-state index < -0.39 is 20.6 Å². The van der Waals surface area contributed by atoms with E-state index in [2.05, 4.69) is 19.6 Å². The van der Waals surface area contributed by atoms with E-state index in [-0.39, 0.29) is 17.4 Å². The Balaban J connectivity index is 1.59. The normalized spacial score (nSPS) is 15.8. The van der Waals surface area contributed by atoms with Crippen molar-refractivity contribution in [3.63, 3.8) is 0 Å². The number of nitrogens with one attached hydrogen (secondary N) is 1. The van der Waals surface area contributed by atoms with Crippen molar-refractivity contribution in [3.05, 3.63) is 52.8 Å². The van der Waals surface area contributed by atoms with E-state index in [1.165, 1.54) is 24.3 Å². The highest BCUT2D eigenvalue weighted by atomic mass is 32.2. The van der Waals surface area contributed by atoms with Crippen LogP contribution >= 0.6 is 0 Å². The lowest BCUT2D eigenvalue weighted by Gasteiger charge is -2.31. The fraction of sp³-hybridized carbons (Fsp3) is 0.375. The maximum Gasteiger partial charge on any atom is 0.289 e. The molecule has 1 aliphatic heterocycles. The van der Waals surface area contributed by atoms with Gasteiger partial charge in [-0.15, -0.1) is 0 Å². The number of anilines is 1. The standard InChI is InChI=1S/C16H19N5O4S/c22-21(23)14-4-1-2-5-15(14)26(24,25)19-12-13-6-10-20(11-7-13)16-17-8-3-9-18-16/h1-5,8-9,13,19H,6-7,10-12H2. The van der Waals surface area contributed by atoms with Gasteiger partial charge in [0.05, 0.1) is 4.92 Å². The Hall–Kier alpha value is -2.59. The summed E-state index contributed by atoms with van der Waals surface area (Å²) in [7, 11) is -3.93. The van der Waals surface area contributed by atoms with Gasteiger partial charge in [-0.05, 0) is 30.9 Å². The first-order valence-corrected chi connectivity index (χ1v) is 9.71. The van der Waals surface area contributed by atoms with Gasteiger partial charge >= 0.3 is 0 Å². The van der Waals surface area contributed by atoms with Crippen LogP contribution in [0, 0.1) is 16.0 Å². The van der Waals surface area contributed by atoms with Crippen molar-refractivity contribution in [2.24, 2.45) is 5.92 Å². The predicted octanol–water partition coefficient (Wildman–Crippen LogP) is 1.58. The highest BCUT2D eigenvalue weighted by Crippen LogP contribution is 2.24. The molecule has 10 heteroatoms. The molecule has 0 spiro atoms. The fourth-order valence-electron chi connectivity index (χ4n) is 2.93. The first-order valence-electron chi connectivity index (χ1n) is 8.22. The highest BCUT2D eigenvalue weighted by molar-refractivity contribution is 7.89. The van der Waals surface area contributed by atoms with Crippen molar-refractivity contribution in [2.75, 3.05) is 24.5 Å². The molecule has 1 saturated heterocycles. The van der Waals surface area contributed by atoms with Crippen LogP contribution < -0.4 is 9.62 Å². The van der Waals surface area contributed by atoms with Crippen LogP contribution in [0.25, 0.3) is 0 Å². The molecule has 0 atom stereocenters. The molecule has 9 nitrogen and oxygen atoms in total. The zero-order valence-electron chi connectivity index (χ0n) is 14.0. The molecule has 0 saturated carbocycles. The van der Waals surface area contributed by atoms with Crippen LogP contribution in [0.2, 0.25) is 0 Å². The Labute approximate surface area is 151 Å². The van der Waals surface area contributed by atoms with E-state index in [0.29, 0.717) is 5.95 Å². The number of hydrogen-bond acceptors (Lipinski definition) is 7. The number of para-hydroxylation sites is 1. The van der Waals surface area contributed by atoms with Crippen molar-refractivity contribution in [3.8, 4) is 0 Å². The zero-order chi connectivity index (χ0) is 18.6.